The fourth-order valence-electron chi connectivity index (χ4n) is 11.2. The molecule has 0 amide bonds. The largest absolute Gasteiger partial charge is 0.462 e. The van der Waals surface area contributed by atoms with Gasteiger partial charge in [-0.1, -0.05) is 389 Å². The number of hydrogen-bond donors (Lipinski definition) is 1. The minimum atomic E-state index is -0.781. The number of carbonyl (C=O) groups is 2. The fraction of sp³-hybridized carbons (Fsp3) is 0.663. The summed E-state index contributed by atoms with van der Waals surface area (Å²) < 4.78 is 10.8. The van der Waals surface area contributed by atoms with E-state index in [2.05, 4.69) is 184 Å². The lowest BCUT2D eigenvalue weighted by atomic mass is 10.0. The molecule has 0 aromatic heterocycles. The Morgan fingerprint density at radius 2 is 0.426 bits per heavy atom. The van der Waals surface area contributed by atoms with Gasteiger partial charge in [0.05, 0.1) is 6.61 Å². The average Bonchev–Trinajstić information content (AvgIpc) is 3.65. The van der Waals surface area contributed by atoms with Gasteiger partial charge in [0.2, 0.25) is 0 Å². The molecule has 0 spiro atoms. The quantitative estimate of drug-likeness (QED) is 0.0373. The highest BCUT2D eigenvalue weighted by Gasteiger charge is 2.16. The molecule has 534 valence electrons. The zero-order valence-electron chi connectivity index (χ0n) is 61.4. The molecule has 1 atom stereocenters. The van der Waals surface area contributed by atoms with Gasteiger partial charge >= 0.3 is 11.9 Å². The first-order valence-electron chi connectivity index (χ1n) is 39.7. The van der Waals surface area contributed by atoms with Crippen molar-refractivity contribution in [2.24, 2.45) is 0 Å². The maximum absolute atomic E-state index is 12.4. The molecular weight excluding hydrogens is 1150 g/mol. The SMILES string of the molecule is CC/C=C\C/C=C\C/C=C\C/C=C\C/C=C\C/C=C\C/C=C\C/C=C\CCCCCCCCCCCCCCCCC(=O)OC(CO)COC(=O)CCCCCCCCCCCCCCCCCCCCCCCC/C=C\C/C=C\C/C=C\C/C=C\C/C=C\C/C=C\CC. The molecule has 0 aliphatic heterocycles. The zero-order chi connectivity index (χ0) is 67.5. The third-order valence-corrected chi connectivity index (χ3v) is 17.0. The first-order chi connectivity index (χ1) is 46.6. The summed E-state index contributed by atoms with van der Waals surface area (Å²) in [6.45, 7) is 3.94. The Bertz CT molecular complexity index is 2010. The zero-order valence-corrected chi connectivity index (χ0v) is 61.4. The third kappa shape index (κ3) is 79.7. The predicted molar refractivity (Wildman–Crippen MR) is 417 cm³/mol. The van der Waals surface area contributed by atoms with Crippen molar-refractivity contribution >= 4 is 11.9 Å². The van der Waals surface area contributed by atoms with Gasteiger partial charge < -0.3 is 14.6 Å². The van der Waals surface area contributed by atoms with Crippen LogP contribution < -0.4 is 0 Å². The molecule has 5 nitrogen and oxygen atoms in total. The van der Waals surface area contributed by atoms with Crippen LogP contribution in [0.15, 0.2) is 170 Å². The second-order valence-electron chi connectivity index (χ2n) is 26.0. The molecule has 0 heterocycles. The Morgan fingerprint density at radius 1 is 0.245 bits per heavy atom. The van der Waals surface area contributed by atoms with Crippen molar-refractivity contribution in [2.45, 2.75) is 367 Å². The van der Waals surface area contributed by atoms with E-state index < -0.39 is 6.10 Å². The van der Waals surface area contributed by atoms with Crippen LogP contribution >= 0.6 is 0 Å². The van der Waals surface area contributed by atoms with E-state index in [1.165, 1.54) is 205 Å². The number of aliphatic hydroxyl groups excluding tert-OH is 1. The molecule has 0 aromatic carbocycles. The summed E-state index contributed by atoms with van der Waals surface area (Å²) in [5.74, 6) is -0.583. The molecule has 0 aromatic rings. The molecule has 94 heavy (non-hydrogen) atoms. The normalized spacial score (nSPS) is 13.2. The van der Waals surface area contributed by atoms with E-state index in [9.17, 15) is 14.7 Å². The molecule has 0 saturated heterocycles. The maximum Gasteiger partial charge on any atom is 0.306 e. The second-order valence-corrected chi connectivity index (χ2v) is 26.0. The summed E-state index contributed by atoms with van der Waals surface area (Å²) in [6.07, 6.45) is 127. The molecule has 5 heteroatoms. The first-order valence-corrected chi connectivity index (χ1v) is 39.7. The number of allylic oxidation sites excluding steroid dienone is 28. The van der Waals surface area contributed by atoms with E-state index in [-0.39, 0.29) is 25.2 Å². The van der Waals surface area contributed by atoms with Crippen LogP contribution in [0.3, 0.4) is 0 Å². The standard InChI is InChI=1S/C89H148O5/c1-3-5-7-9-11-13-15-17-19-21-23-25-27-29-31-33-35-37-39-41-43-44-46-47-49-51-53-55-57-59-61-63-65-67-69-71-73-75-77-79-81-83-88(91)93-86-87(85-90)94-89(92)84-82-80-78-76-74-72-70-68-66-64-62-60-58-56-54-52-50-48-45-42-40-38-36-34-32-30-28-26-24-22-20-18-16-14-12-10-8-6-4-2/h5-8,11-14,17-20,23-26,29-32,35-38,42,45,50,52,87,90H,3-4,9-10,15-16,21-22,27-28,33-34,39-41,43-44,46-49,51,53-86H2,1-2H3/b7-5-,8-6-,13-11-,14-12-,19-17-,20-18-,25-23-,26-24-,31-29-,32-30-,37-35-,38-36-,45-42-,52-50-. The molecule has 0 radical (unpaired) electrons. The van der Waals surface area contributed by atoms with Crippen LogP contribution in [0.1, 0.15) is 361 Å². The highest BCUT2D eigenvalue weighted by Crippen LogP contribution is 2.18. The first kappa shape index (κ1) is 89.3. The van der Waals surface area contributed by atoms with E-state index in [4.69, 9.17) is 9.47 Å². The van der Waals surface area contributed by atoms with Crippen molar-refractivity contribution in [3.8, 4) is 0 Å². The lowest BCUT2D eigenvalue weighted by Crippen LogP contribution is -2.28. The summed E-state index contributed by atoms with van der Waals surface area (Å²) in [4.78, 5) is 24.7. The van der Waals surface area contributed by atoms with E-state index in [1.807, 2.05) is 0 Å². The van der Waals surface area contributed by atoms with Gasteiger partial charge in [0.25, 0.3) is 0 Å². The van der Waals surface area contributed by atoms with Crippen LogP contribution in [0.25, 0.3) is 0 Å². The Labute approximate surface area is 583 Å². The topological polar surface area (TPSA) is 72.8 Å². The highest BCUT2D eigenvalue weighted by atomic mass is 16.6. The van der Waals surface area contributed by atoms with Gasteiger partial charge in [0, 0.05) is 12.8 Å². The van der Waals surface area contributed by atoms with E-state index in [1.54, 1.807) is 0 Å². The Hall–Kier alpha value is -4.74. The number of carbonyl (C=O) groups excluding carboxylic acids is 2. The summed E-state index contributed by atoms with van der Waals surface area (Å²) >= 11 is 0. The summed E-state index contributed by atoms with van der Waals surface area (Å²) in [7, 11) is 0. The van der Waals surface area contributed by atoms with Crippen LogP contribution in [0.5, 0.6) is 0 Å². The number of hydrogen-bond acceptors (Lipinski definition) is 5. The Morgan fingerprint density at radius 3 is 0.638 bits per heavy atom. The van der Waals surface area contributed by atoms with E-state index in [0.29, 0.717) is 12.8 Å². The molecule has 0 saturated carbocycles. The molecule has 1 unspecified atom stereocenters. The minimum Gasteiger partial charge on any atom is -0.462 e. The van der Waals surface area contributed by atoms with Crippen molar-refractivity contribution in [3.63, 3.8) is 0 Å². The van der Waals surface area contributed by atoms with Crippen LogP contribution in [0.4, 0.5) is 0 Å². The number of ether oxygens (including phenoxy) is 2. The molecule has 0 aliphatic rings. The van der Waals surface area contributed by atoms with E-state index in [0.717, 1.165) is 128 Å². The minimum absolute atomic E-state index is 0.0690. The molecule has 1 N–H and O–H groups in total. The van der Waals surface area contributed by atoms with Crippen molar-refractivity contribution in [1.29, 1.82) is 0 Å². The monoisotopic (exact) mass is 1300 g/mol. The average molecular weight is 1300 g/mol. The predicted octanol–water partition coefficient (Wildman–Crippen LogP) is 28.3. The summed E-state index contributed by atoms with van der Waals surface area (Å²) in [5, 5.41) is 9.73. The van der Waals surface area contributed by atoms with Gasteiger partial charge in [0.15, 0.2) is 6.10 Å². The maximum atomic E-state index is 12.4. The van der Waals surface area contributed by atoms with Crippen molar-refractivity contribution in [2.75, 3.05) is 13.2 Å². The highest BCUT2D eigenvalue weighted by molar-refractivity contribution is 5.70. The molecule has 0 rings (SSSR count). The number of aliphatic hydroxyl groups is 1. The lowest BCUT2D eigenvalue weighted by molar-refractivity contribution is -0.161. The molecule has 0 fully saturated rings. The van der Waals surface area contributed by atoms with Crippen LogP contribution in [-0.4, -0.2) is 36.4 Å². The lowest BCUT2D eigenvalue weighted by Gasteiger charge is -2.15. The van der Waals surface area contributed by atoms with Crippen LogP contribution in [0, 0.1) is 0 Å². The van der Waals surface area contributed by atoms with Gasteiger partial charge in [-0.05, 0) is 128 Å². The number of rotatable bonds is 72. The van der Waals surface area contributed by atoms with Crippen molar-refractivity contribution in [1.82, 2.24) is 0 Å². The molecule has 0 bridgehead atoms. The summed E-state index contributed by atoms with van der Waals surface area (Å²) in [6, 6.07) is 0. The molecule has 0 aliphatic carbocycles. The number of unbranched alkanes of at least 4 members (excludes halogenated alkanes) is 36. The third-order valence-electron chi connectivity index (χ3n) is 17.0. The van der Waals surface area contributed by atoms with Crippen molar-refractivity contribution < 1.29 is 24.2 Å². The Balaban J connectivity index is 3.47. The van der Waals surface area contributed by atoms with Crippen LogP contribution in [0.2, 0.25) is 0 Å². The van der Waals surface area contributed by atoms with Gasteiger partial charge in [-0.25, -0.2) is 0 Å². The Kier molecular flexibility index (Phi) is 78.3. The second kappa shape index (κ2) is 82.5. The molecular formula is C89H148O5. The smallest absolute Gasteiger partial charge is 0.306 e. The van der Waals surface area contributed by atoms with Gasteiger partial charge in [0.1, 0.15) is 6.61 Å². The van der Waals surface area contributed by atoms with Gasteiger partial charge in [-0.15, -0.1) is 0 Å². The van der Waals surface area contributed by atoms with E-state index >= 15 is 0 Å². The fourth-order valence-corrected chi connectivity index (χ4v) is 11.2. The van der Waals surface area contributed by atoms with Crippen LogP contribution in [-0.2, 0) is 19.1 Å². The van der Waals surface area contributed by atoms with Gasteiger partial charge in [-0.2, -0.15) is 0 Å². The van der Waals surface area contributed by atoms with Crippen molar-refractivity contribution in [3.05, 3.63) is 170 Å². The van der Waals surface area contributed by atoms with Gasteiger partial charge in [-0.3, -0.25) is 9.59 Å². The number of esters is 2. The summed E-state index contributed by atoms with van der Waals surface area (Å²) in [5.41, 5.74) is 0.